The molecule has 3 N–H and O–H groups in total. The summed E-state index contributed by atoms with van der Waals surface area (Å²) in [4.78, 5) is 32.1. The largest absolute Gasteiger partial charge is 0.491 e. The molecule has 8 heteroatoms. The maximum absolute atomic E-state index is 13.3. The molecular weight excluding hydrogens is 424 g/mol. The van der Waals surface area contributed by atoms with Crippen molar-refractivity contribution < 1.29 is 14.3 Å². The lowest BCUT2D eigenvalue weighted by Gasteiger charge is -2.41. The summed E-state index contributed by atoms with van der Waals surface area (Å²) < 4.78 is 6.02. The standard InChI is InChI=1S/C24H32N4O3S/c1-17-15-31-20-8-3-2-6-18(20)7-4-5-9-24(22(30)26-17)10-12-28(13-11-24)21(29)14-19-16-32-23(25)27-19/h2-3,6,8,16-17H,4-5,7,9-15H2,1H3,(H2,25,27)(H,26,30)/t17-/m1/s1. The van der Waals surface area contributed by atoms with Crippen molar-refractivity contribution >= 4 is 28.3 Å². The number of rotatable bonds is 2. The number of thiazole rings is 1. The Morgan fingerprint density at radius 1 is 1.28 bits per heavy atom. The second-order valence-corrected chi connectivity index (χ2v) is 9.90. The minimum atomic E-state index is -0.422. The van der Waals surface area contributed by atoms with Crippen LogP contribution < -0.4 is 15.8 Å². The number of aryl methyl sites for hydroxylation is 1. The maximum atomic E-state index is 13.3. The topological polar surface area (TPSA) is 97.6 Å². The number of piperidine rings is 1. The molecular formula is C24H32N4O3S. The van der Waals surface area contributed by atoms with Gasteiger partial charge in [0, 0.05) is 18.5 Å². The van der Waals surface area contributed by atoms with Gasteiger partial charge in [-0.2, -0.15) is 0 Å². The van der Waals surface area contributed by atoms with Crippen molar-refractivity contribution in [2.45, 2.75) is 57.9 Å². The Morgan fingerprint density at radius 3 is 2.81 bits per heavy atom. The third-order valence-corrected chi connectivity index (χ3v) is 7.37. The van der Waals surface area contributed by atoms with Crippen LogP contribution in [0.15, 0.2) is 29.6 Å². The molecule has 2 aliphatic rings. The molecule has 7 nitrogen and oxygen atoms in total. The molecule has 0 unspecified atom stereocenters. The normalized spacial score (nSPS) is 21.6. The van der Waals surface area contributed by atoms with Crippen LogP contribution in [0.5, 0.6) is 5.75 Å². The second kappa shape index (κ2) is 9.90. The Hall–Kier alpha value is -2.61. The zero-order chi connectivity index (χ0) is 22.6. The Morgan fingerprint density at radius 2 is 2.06 bits per heavy atom. The summed E-state index contributed by atoms with van der Waals surface area (Å²) in [6, 6.07) is 8.08. The smallest absolute Gasteiger partial charge is 0.228 e. The lowest BCUT2D eigenvalue weighted by molar-refractivity contribution is -0.141. The highest BCUT2D eigenvalue weighted by Crippen LogP contribution is 2.38. The van der Waals surface area contributed by atoms with Gasteiger partial charge in [-0.1, -0.05) is 24.6 Å². The molecule has 1 aromatic carbocycles. The minimum Gasteiger partial charge on any atom is -0.491 e. The Balaban J connectivity index is 1.41. The number of carbonyl (C=O) groups excluding carboxylic acids is 2. The highest BCUT2D eigenvalue weighted by Gasteiger charge is 2.42. The molecule has 2 amide bonds. The maximum Gasteiger partial charge on any atom is 0.228 e. The third-order valence-electron chi connectivity index (χ3n) is 6.65. The average Bonchev–Trinajstić information content (AvgIpc) is 3.20. The van der Waals surface area contributed by atoms with E-state index in [2.05, 4.69) is 16.4 Å². The van der Waals surface area contributed by atoms with Crippen LogP contribution in [0, 0.1) is 5.41 Å². The molecule has 1 aromatic heterocycles. The van der Waals surface area contributed by atoms with Crippen molar-refractivity contribution in [3.63, 3.8) is 0 Å². The van der Waals surface area contributed by atoms with E-state index in [1.165, 1.54) is 16.9 Å². The number of para-hydroxylation sites is 1. The fourth-order valence-corrected chi connectivity index (χ4v) is 5.27. The van der Waals surface area contributed by atoms with Crippen LogP contribution in [-0.2, 0) is 22.4 Å². The summed E-state index contributed by atoms with van der Waals surface area (Å²) in [6.07, 6.45) is 5.42. The molecule has 0 radical (unpaired) electrons. The van der Waals surface area contributed by atoms with E-state index in [-0.39, 0.29) is 24.3 Å². The van der Waals surface area contributed by atoms with Crippen LogP contribution in [0.2, 0.25) is 0 Å². The molecule has 2 aromatic rings. The summed E-state index contributed by atoms with van der Waals surface area (Å²) in [5.74, 6) is 1.07. The number of benzene rings is 1. The van der Waals surface area contributed by atoms with E-state index >= 15 is 0 Å². The van der Waals surface area contributed by atoms with Gasteiger partial charge < -0.3 is 20.7 Å². The van der Waals surface area contributed by atoms with E-state index in [4.69, 9.17) is 10.5 Å². The number of ether oxygens (including phenoxy) is 1. The summed E-state index contributed by atoms with van der Waals surface area (Å²) in [5.41, 5.74) is 7.20. The fourth-order valence-electron chi connectivity index (χ4n) is 4.71. The number of aromatic nitrogens is 1. The molecule has 0 aliphatic carbocycles. The van der Waals surface area contributed by atoms with Gasteiger partial charge in [-0.15, -0.1) is 11.3 Å². The van der Waals surface area contributed by atoms with Crippen molar-refractivity contribution in [1.29, 1.82) is 0 Å². The van der Waals surface area contributed by atoms with E-state index in [1.807, 2.05) is 35.4 Å². The van der Waals surface area contributed by atoms with Crippen LogP contribution in [0.1, 0.15) is 50.3 Å². The zero-order valence-electron chi connectivity index (χ0n) is 18.6. The molecule has 0 bridgehead atoms. The lowest BCUT2D eigenvalue weighted by Crippen LogP contribution is -2.52. The third kappa shape index (κ3) is 5.23. The quantitative estimate of drug-likeness (QED) is 0.723. The molecule has 172 valence electrons. The van der Waals surface area contributed by atoms with Gasteiger partial charge in [-0.25, -0.2) is 4.98 Å². The first kappa shape index (κ1) is 22.6. The van der Waals surface area contributed by atoms with Crippen molar-refractivity contribution in [1.82, 2.24) is 15.2 Å². The van der Waals surface area contributed by atoms with Gasteiger partial charge in [-0.3, -0.25) is 9.59 Å². The predicted molar refractivity (Wildman–Crippen MR) is 126 cm³/mol. The molecule has 1 atom stereocenters. The molecule has 1 saturated heterocycles. The molecule has 2 aliphatic heterocycles. The molecule has 3 heterocycles. The summed E-state index contributed by atoms with van der Waals surface area (Å²) in [7, 11) is 0. The minimum absolute atomic E-state index is 0.0529. The SMILES string of the molecule is C[C@@H]1COc2ccccc2CCCCC2(CCN(C(=O)Cc3csc(N)n3)CC2)C(=O)N1. The van der Waals surface area contributed by atoms with Gasteiger partial charge in [-0.05, 0) is 50.7 Å². The van der Waals surface area contributed by atoms with Gasteiger partial charge in [0.25, 0.3) is 0 Å². The van der Waals surface area contributed by atoms with Gasteiger partial charge >= 0.3 is 0 Å². The van der Waals surface area contributed by atoms with Crippen molar-refractivity contribution in [3.05, 3.63) is 40.9 Å². The van der Waals surface area contributed by atoms with E-state index in [0.29, 0.717) is 37.7 Å². The van der Waals surface area contributed by atoms with Crippen LogP contribution in [-0.4, -0.2) is 47.4 Å². The van der Waals surface area contributed by atoms with E-state index in [1.54, 1.807) is 0 Å². The average molecular weight is 457 g/mol. The molecule has 1 spiro atoms. The van der Waals surface area contributed by atoms with Crippen molar-refractivity contribution in [2.24, 2.45) is 5.41 Å². The van der Waals surface area contributed by atoms with E-state index in [0.717, 1.165) is 37.1 Å². The molecule has 32 heavy (non-hydrogen) atoms. The highest BCUT2D eigenvalue weighted by molar-refractivity contribution is 7.13. The highest BCUT2D eigenvalue weighted by atomic mass is 32.1. The van der Waals surface area contributed by atoms with Crippen LogP contribution in [0.4, 0.5) is 5.13 Å². The van der Waals surface area contributed by atoms with Crippen LogP contribution in [0.3, 0.4) is 0 Å². The number of amides is 2. The number of nitrogens with one attached hydrogen (secondary N) is 1. The number of nitrogen functional groups attached to an aromatic ring is 1. The van der Waals surface area contributed by atoms with Crippen molar-refractivity contribution in [3.8, 4) is 5.75 Å². The summed E-state index contributed by atoms with van der Waals surface area (Å²) in [6.45, 7) is 3.62. The number of hydrogen-bond donors (Lipinski definition) is 2. The first-order chi connectivity index (χ1) is 15.4. The predicted octanol–water partition coefficient (Wildman–Crippen LogP) is 3.19. The molecule has 1 fully saturated rings. The Labute approximate surface area is 193 Å². The van der Waals surface area contributed by atoms with Gasteiger partial charge in [0.2, 0.25) is 11.8 Å². The lowest BCUT2D eigenvalue weighted by atomic mass is 9.73. The number of anilines is 1. The van der Waals surface area contributed by atoms with Crippen LogP contribution >= 0.6 is 11.3 Å². The first-order valence-electron chi connectivity index (χ1n) is 11.4. The number of hydrogen-bond acceptors (Lipinski definition) is 6. The Bertz CT molecular complexity index is 952. The van der Waals surface area contributed by atoms with Crippen molar-refractivity contribution in [2.75, 3.05) is 25.4 Å². The fraction of sp³-hybridized carbons (Fsp3) is 0.542. The van der Waals surface area contributed by atoms with Gasteiger partial charge in [0.05, 0.1) is 23.6 Å². The number of nitrogens with zero attached hydrogens (tertiary/aromatic N) is 2. The van der Waals surface area contributed by atoms with Gasteiger partial charge in [0.15, 0.2) is 5.13 Å². The molecule has 4 rings (SSSR count). The monoisotopic (exact) mass is 456 g/mol. The van der Waals surface area contributed by atoms with Gasteiger partial charge in [0.1, 0.15) is 12.4 Å². The number of nitrogens with two attached hydrogens (primary N) is 1. The van der Waals surface area contributed by atoms with Crippen LogP contribution in [0.25, 0.3) is 0 Å². The summed E-state index contributed by atoms with van der Waals surface area (Å²) in [5, 5.41) is 5.50. The number of fused-ring (bicyclic) bond motifs is 1. The molecule has 0 saturated carbocycles. The zero-order valence-corrected chi connectivity index (χ0v) is 19.5. The number of carbonyl (C=O) groups is 2. The first-order valence-corrected chi connectivity index (χ1v) is 12.3. The number of likely N-dealkylation sites (tertiary alicyclic amines) is 1. The van der Waals surface area contributed by atoms with E-state index < -0.39 is 5.41 Å². The Kier molecular flexibility index (Phi) is 6.98. The summed E-state index contributed by atoms with van der Waals surface area (Å²) >= 11 is 1.35. The second-order valence-electron chi connectivity index (χ2n) is 9.02. The van der Waals surface area contributed by atoms with E-state index in [9.17, 15) is 9.59 Å².